The van der Waals surface area contributed by atoms with Crippen molar-refractivity contribution in [1.82, 2.24) is 9.62 Å². The van der Waals surface area contributed by atoms with Crippen LogP contribution in [0.2, 0.25) is 5.02 Å². The summed E-state index contributed by atoms with van der Waals surface area (Å²) >= 11 is 5.76. The molecule has 0 radical (unpaired) electrons. The molecule has 1 aromatic rings. The molecule has 0 aromatic heterocycles. The van der Waals surface area contributed by atoms with Gasteiger partial charge in [-0.2, -0.15) is 0 Å². The van der Waals surface area contributed by atoms with Crippen LogP contribution in [0.3, 0.4) is 0 Å². The van der Waals surface area contributed by atoms with E-state index in [1.165, 1.54) is 12.3 Å². The molecule has 1 aliphatic rings. The van der Waals surface area contributed by atoms with Crippen LogP contribution >= 0.6 is 11.6 Å². The van der Waals surface area contributed by atoms with Gasteiger partial charge in [-0.25, -0.2) is 17.5 Å². The van der Waals surface area contributed by atoms with E-state index >= 15 is 0 Å². The molecule has 1 N–H and O–H groups in total. The zero-order chi connectivity index (χ0) is 14.8. The number of halogens is 2. The van der Waals surface area contributed by atoms with E-state index < -0.39 is 15.8 Å². The number of nitrogens with one attached hydrogen (secondary N) is 1. The summed E-state index contributed by atoms with van der Waals surface area (Å²) in [5.74, 6) is -0.425. The summed E-state index contributed by atoms with van der Waals surface area (Å²) in [6.45, 7) is 2.20. The molecule has 4 nitrogen and oxygen atoms in total. The van der Waals surface area contributed by atoms with Crippen LogP contribution < -0.4 is 4.72 Å². The number of rotatable bonds is 4. The SMILES string of the molecule is CS(=O)(=O)N[C@@H]1CCCN(Cc2ccc(F)c(Cl)c2)C1. The monoisotopic (exact) mass is 320 g/mol. The van der Waals surface area contributed by atoms with E-state index in [1.807, 2.05) is 0 Å². The highest BCUT2D eigenvalue weighted by atomic mass is 35.5. The van der Waals surface area contributed by atoms with Crippen LogP contribution in [0.5, 0.6) is 0 Å². The van der Waals surface area contributed by atoms with Gasteiger partial charge in [-0.1, -0.05) is 17.7 Å². The zero-order valence-corrected chi connectivity index (χ0v) is 12.8. The first-order valence-corrected chi connectivity index (χ1v) is 8.74. The summed E-state index contributed by atoms with van der Waals surface area (Å²) in [5.41, 5.74) is 0.927. The topological polar surface area (TPSA) is 49.4 Å². The Bertz CT molecular complexity index is 580. The molecule has 1 saturated heterocycles. The van der Waals surface area contributed by atoms with Crippen molar-refractivity contribution < 1.29 is 12.8 Å². The maximum Gasteiger partial charge on any atom is 0.208 e. The van der Waals surface area contributed by atoms with Gasteiger partial charge >= 0.3 is 0 Å². The third-order valence-corrected chi connectivity index (χ3v) is 4.33. The lowest BCUT2D eigenvalue weighted by Gasteiger charge is -2.32. The molecule has 20 heavy (non-hydrogen) atoms. The van der Waals surface area contributed by atoms with Crippen molar-refractivity contribution in [3.05, 3.63) is 34.6 Å². The number of sulfonamides is 1. The molecule has 0 amide bonds. The zero-order valence-electron chi connectivity index (χ0n) is 11.3. The first-order valence-electron chi connectivity index (χ1n) is 6.47. The Hall–Kier alpha value is -0.690. The molecular formula is C13H18ClFN2O2S. The first-order chi connectivity index (χ1) is 9.33. The highest BCUT2D eigenvalue weighted by molar-refractivity contribution is 7.88. The average Bonchev–Trinajstić information content (AvgIpc) is 2.32. The molecule has 0 bridgehead atoms. The predicted octanol–water partition coefficient (Wildman–Crippen LogP) is 1.99. The summed E-state index contributed by atoms with van der Waals surface area (Å²) < 4.78 is 38.3. The summed E-state index contributed by atoms with van der Waals surface area (Å²) in [6, 6.07) is 4.61. The van der Waals surface area contributed by atoms with Gasteiger partial charge in [-0.15, -0.1) is 0 Å². The van der Waals surface area contributed by atoms with Crippen LogP contribution in [0.15, 0.2) is 18.2 Å². The first kappa shape index (κ1) is 15.7. The highest BCUT2D eigenvalue weighted by Gasteiger charge is 2.22. The number of piperidine rings is 1. The summed E-state index contributed by atoms with van der Waals surface area (Å²) in [5, 5.41) is 0.116. The van der Waals surface area contributed by atoms with Crippen molar-refractivity contribution in [2.75, 3.05) is 19.3 Å². The molecule has 1 aromatic carbocycles. The normalized spacial score (nSPS) is 21.1. The Morgan fingerprint density at radius 3 is 2.90 bits per heavy atom. The molecule has 1 heterocycles. The highest BCUT2D eigenvalue weighted by Crippen LogP contribution is 2.19. The second-order valence-electron chi connectivity index (χ2n) is 5.21. The molecule has 112 valence electrons. The number of hydrogen-bond acceptors (Lipinski definition) is 3. The fourth-order valence-corrected chi connectivity index (χ4v) is 3.50. The second-order valence-corrected chi connectivity index (χ2v) is 7.40. The van der Waals surface area contributed by atoms with Crippen LogP contribution in [-0.2, 0) is 16.6 Å². The third-order valence-electron chi connectivity index (χ3n) is 3.28. The minimum Gasteiger partial charge on any atom is -0.298 e. The summed E-state index contributed by atoms with van der Waals surface area (Å²) in [7, 11) is -3.18. The van der Waals surface area contributed by atoms with Crippen molar-refractivity contribution >= 4 is 21.6 Å². The Morgan fingerprint density at radius 2 is 2.25 bits per heavy atom. The summed E-state index contributed by atoms with van der Waals surface area (Å²) in [4.78, 5) is 2.15. The van der Waals surface area contributed by atoms with Gasteiger partial charge in [0, 0.05) is 19.1 Å². The van der Waals surface area contributed by atoms with Gasteiger partial charge in [0.15, 0.2) is 0 Å². The minimum absolute atomic E-state index is 0.0605. The van der Waals surface area contributed by atoms with Gasteiger partial charge in [-0.3, -0.25) is 4.90 Å². The molecule has 1 fully saturated rings. The number of likely N-dealkylation sites (tertiary alicyclic amines) is 1. The van der Waals surface area contributed by atoms with Crippen LogP contribution in [-0.4, -0.2) is 38.7 Å². The van der Waals surface area contributed by atoms with Gasteiger partial charge in [-0.05, 0) is 37.1 Å². The van der Waals surface area contributed by atoms with Crippen molar-refractivity contribution in [3.8, 4) is 0 Å². The van der Waals surface area contributed by atoms with Gasteiger partial charge < -0.3 is 0 Å². The molecule has 0 unspecified atom stereocenters. The van der Waals surface area contributed by atoms with E-state index in [4.69, 9.17) is 11.6 Å². The average molecular weight is 321 g/mol. The van der Waals surface area contributed by atoms with Crippen molar-refractivity contribution in [2.24, 2.45) is 0 Å². The van der Waals surface area contributed by atoms with Gasteiger partial charge in [0.1, 0.15) is 5.82 Å². The maximum absolute atomic E-state index is 13.1. The summed E-state index contributed by atoms with van der Waals surface area (Å²) in [6.07, 6.45) is 2.95. The van der Waals surface area contributed by atoms with E-state index in [0.29, 0.717) is 13.1 Å². The number of hydrogen-bond donors (Lipinski definition) is 1. The van der Waals surface area contributed by atoms with E-state index in [9.17, 15) is 12.8 Å². The van der Waals surface area contributed by atoms with E-state index in [0.717, 1.165) is 24.9 Å². The lowest BCUT2D eigenvalue weighted by atomic mass is 10.1. The van der Waals surface area contributed by atoms with Crippen molar-refractivity contribution in [2.45, 2.75) is 25.4 Å². The Balaban J connectivity index is 1.97. The van der Waals surface area contributed by atoms with Gasteiger partial charge in [0.25, 0.3) is 0 Å². The van der Waals surface area contributed by atoms with Crippen LogP contribution in [0.1, 0.15) is 18.4 Å². The fourth-order valence-electron chi connectivity index (χ4n) is 2.49. The Morgan fingerprint density at radius 1 is 1.50 bits per heavy atom. The van der Waals surface area contributed by atoms with Crippen LogP contribution in [0, 0.1) is 5.82 Å². The Labute approximate surface area is 124 Å². The van der Waals surface area contributed by atoms with E-state index in [2.05, 4.69) is 9.62 Å². The standard InChI is InChI=1S/C13H18ClFN2O2S/c1-20(18,19)16-11-3-2-6-17(9-11)8-10-4-5-13(15)12(14)7-10/h4-5,7,11,16H,2-3,6,8-9H2,1H3/t11-/m1/s1. The maximum atomic E-state index is 13.1. The molecule has 0 aliphatic carbocycles. The second kappa shape index (κ2) is 6.39. The number of benzene rings is 1. The van der Waals surface area contributed by atoms with Gasteiger partial charge in [0.2, 0.25) is 10.0 Å². The molecule has 0 saturated carbocycles. The quantitative estimate of drug-likeness (QED) is 0.923. The minimum atomic E-state index is -3.18. The molecule has 1 atom stereocenters. The molecule has 7 heteroatoms. The molecule has 0 spiro atoms. The van der Waals surface area contributed by atoms with E-state index in [1.54, 1.807) is 12.1 Å². The van der Waals surface area contributed by atoms with Gasteiger partial charge in [0.05, 0.1) is 11.3 Å². The number of nitrogens with zero attached hydrogens (tertiary/aromatic N) is 1. The largest absolute Gasteiger partial charge is 0.298 e. The predicted molar refractivity (Wildman–Crippen MR) is 77.7 cm³/mol. The van der Waals surface area contributed by atoms with E-state index in [-0.39, 0.29) is 11.1 Å². The van der Waals surface area contributed by atoms with Crippen LogP contribution in [0.4, 0.5) is 4.39 Å². The van der Waals surface area contributed by atoms with Crippen molar-refractivity contribution in [1.29, 1.82) is 0 Å². The molecule has 2 rings (SSSR count). The lowest BCUT2D eigenvalue weighted by molar-refractivity contribution is 0.194. The lowest BCUT2D eigenvalue weighted by Crippen LogP contribution is -2.46. The van der Waals surface area contributed by atoms with Crippen molar-refractivity contribution in [3.63, 3.8) is 0 Å². The molecular weight excluding hydrogens is 303 g/mol. The third kappa shape index (κ3) is 4.70. The Kier molecular flexibility index (Phi) is 5.01. The van der Waals surface area contributed by atoms with Crippen LogP contribution in [0.25, 0.3) is 0 Å². The molecule has 1 aliphatic heterocycles. The fraction of sp³-hybridized carbons (Fsp3) is 0.538. The smallest absolute Gasteiger partial charge is 0.208 e.